The summed E-state index contributed by atoms with van der Waals surface area (Å²) in [6.07, 6.45) is 0. The number of nitrogens with one attached hydrogen (secondary N) is 1. The number of carbonyl (C=O) groups is 2. The van der Waals surface area contributed by atoms with Crippen molar-refractivity contribution >= 4 is 17.5 Å². The summed E-state index contributed by atoms with van der Waals surface area (Å²) < 4.78 is 13.1. The van der Waals surface area contributed by atoms with E-state index in [2.05, 4.69) is 5.32 Å². The van der Waals surface area contributed by atoms with Crippen LogP contribution in [-0.4, -0.2) is 54.3 Å². The van der Waals surface area contributed by atoms with Crippen LogP contribution in [0.2, 0.25) is 0 Å². The molecule has 6 heteroatoms. The topological polar surface area (TPSA) is 52.7 Å². The van der Waals surface area contributed by atoms with E-state index < -0.39 is 0 Å². The minimum absolute atomic E-state index is 0.00262. The van der Waals surface area contributed by atoms with Crippen LogP contribution in [0.15, 0.2) is 24.3 Å². The molecule has 1 aromatic carbocycles. The first-order valence-electron chi connectivity index (χ1n) is 7.52. The Hall–Kier alpha value is -1.95. The van der Waals surface area contributed by atoms with E-state index in [0.717, 1.165) is 0 Å². The van der Waals surface area contributed by atoms with E-state index in [1.54, 1.807) is 12.1 Å². The molecule has 120 valence electrons. The van der Waals surface area contributed by atoms with Gasteiger partial charge in [-0.15, -0.1) is 0 Å². The third-order valence-electron chi connectivity index (χ3n) is 3.65. The van der Waals surface area contributed by atoms with Crippen molar-refractivity contribution in [2.75, 3.05) is 38.0 Å². The summed E-state index contributed by atoms with van der Waals surface area (Å²) in [4.78, 5) is 27.7. The minimum Gasteiger partial charge on any atom is -0.340 e. The fraction of sp³-hybridized carbons (Fsp3) is 0.500. The van der Waals surface area contributed by atoms with E-state index in [1.807, 2.05) is 23.6 Å². The first kappa shape index (κ1) is 16.4. The predicted molar refractivity (Wildman–Crippen MR) is 82.9 cm³/mol. The summed E-state index contributed by atoms with van der Waals surface area (Å²) in [5.41, 5.74) is 0.457. The maximum atomic E-state index is 13.1. The quantitative estimate of drug-likeness (QED) is 0.918. The maximum absolute atomic E-state index is 13.1. The van der Waals surface area contributed by atoms with Crippen molar-refractivity contribution < 1.29 is 14.0 Å². The molecule has 1 fully saturated rings. The van der Waals surface area contributed by atoms with Crippen LogP contribution in [0, 0.1) is 11.7 Å². The molecule has 5 nitrogen and oxygen atoms in total. The number of nitrogens with zero attached hydrogens (tertiary/aromatic N) is 2. The van der Waals surface area contributed by atoms with Gasteiger partial charge in [0.2, 0.25) is 11.8 Å². The Balaban J connectivity index is 1.78. The van der Waals surface area contributed by atoms with E-state index in [9.17, 15) is 14.0 Å². The van der Waals surface area contributed by atoms with Gasteiger partial charge in [0.05, 0.1) is 6.54 Å². The second kappa shape index (κ2) is 7.35. The Morgan fingerprint density at radius 2 is 1.91 bits per heavy atom. The van der Waals surface area contributed by atoms with Gasteiger partial charge in [-0.2, -0.15) is 0 Å². The number of rotatable bonds is 4. The number of carbonyl (C=O) groups excluding carboxylic acids is 2. The predicted octanol–water partition coefficient (Wildman–Crippen LogP) is 1.56. The zero-order valence-electron chi connectivity index (χ0n) is 13.0. The van der Waals surface area contributed by atoms with Crippen LogP contribution in [0.25, 0.3) is 0 Å². The van der Waals surface area contributed by atoms with E-state index in [4.69, 9.17) is 0 Å². The van der Waals surface area contributed by atoms with E-state index in [1.165, 1.54) is 12.1 Å². The Morgan fingerprint density at radius 3 is 2.50 bits per heavy atom. The lowest BCUT2D eigenvalue weighted by Gasteiger charge is -2.35. The second-order valence-electron chi connectivity index (χ2n) is 5.81. The summed E-state index contributed by atoms with van der Waals surface area (Å²) >= 11 is 0. The number of anilines is 1. The smallest absolute Gasteiger partial charge is 0.238 e. The Labute approximate surface area is 130 Å². The van der Waals surface area contributed by atoms with Crippen molar-refractivity contribution in [1.82, 2.24) is 9.80 Å². The van der Waals surface area contributed by atoms with Gasteiger partial charge in [-0.25, -0.2) is 4.39 Å². The largest absolute Gasteiger partial charge is 0.340 e. The number of benzene rings is 1. The van der Waals surface area contributed by atoms with Crippen molar-refractivity contribution in [3.8, 4) is 0 Å². The second-order valence-corrected chi connectivity index (χ2v) is 5.81. The van der Waals surface area contributed by atoms with Gasteiger partial charge in [0.15, 0.2) is 0 Å². The summed E-state index contributed by atoms with van der Waals surface area (Å²) in [6.45, 7) is 6.67. The van der Waals surface area contributed by atoms with Crippen molar-refractivity contribution in [2.45, 2.75) is 13.8 Å². The summed E-state index contributed by atoms with van der Waals surface area (Å²) in [5.74, 6) is -0.389. The van der Waals surface area contributed by atoms with Gasteiger partial charge < -0.3 is 10.2 Å². The normalized spacial score (nSPS) is 15.9. The molecule has 0 unspecified atom stereocenters. The van der Waals surface area contributed by atoms with Gasteiger partial charge in [-0.1, -0.05) is 19.9 Å². The summed E-state index contributed by atoms with van der Waals surface area (Å²) in [5, 5.41) is 2.68. The number of piperazine rings is 1. The van der Waals surface area contributed by atoms with Crippen molar-refractivity contribution in [3.63, 3.8) is 0 Å². The lowest BCUT2D eigenvalue weighted by Crippen LogP contribution is -2.51. The van der Waals surface area contributed by atoms with E-state index >= 15 is 0 Å². The van der Waals surface area contributed by atoms with Gasteiger partial charge in [-0.3, -0.25) is 14.5 Å². The van der Waals surface area contributed by atoms with Gasteiger partial charge in [0, 0.05) is 37.8 Å². The van der Waals surface area contributed by atoms with Crippen LogP contribution in [0.1, 0.15) is 13.8 Å². The Kier molecular flexibility index (Phi) is 5.49. The third kappa shape index (κ3) is 4.53. The van der Waals surface area contributed by atoms with E-state index in [0.29, 0.717) is 31.9 Å². The zero-order chi connectivity index (χ0) is 16.1. The SMILES string of the molecule is CC(C)C(=O)N1CCN(CC(=O)Nc2cccc(F)c2)CC1. The average molecular weight is 307 g/mol. The highest BCUT2D eigenvalue weighted by atomic mass is 19.1. The maximum Gasteiger partial charge on any atom is 0.238 e. The van der Waals surface area contributed by atoms with Crippen molar-refractivity contribution in [2.24, 2.45) is 5.92 Å². The van der Waals surface area contributed by atoms with Gasteiger partial charge >= 0.3 is 0 Å². The highest BCUT2D eigenvalue weighted by Crippen LogP contribution is 2.10. The molecule has 1 saturated heterocycles. The molecule has 0 bridgehead atoms. The lowest BCUT2D eigenvalue weighted by molar-refractivity contribution is -0.136. The summed E-state index contributed by atoms with van der Waals surface area (Å²) in [7, 11) is 0. The van der Waals surface area contributed by atoms with Gasteiger partial charge in [-0.05, 0) is 18.2 Å². The molecule has 0 aliphatic carbocycles. The zero-order valence-corrected chi connectivity index (χ0v) is 13.0. The van der Waals surface area contributed by atoms with Crippen LogP contribution in [0.5, 0.6) is 0 Å². The average Bonchev–Trinajstić information content (AvgIpc) is 2.47. The molecule has 22 heavy (non-hydrogen) atoms. The number of halogens is 1. The monoisotopic (exact) mass is 307 g/mol. The van der Waals surface area contributed by atoms with Crippen LogP contribution in [0.4, 0.5) is 10.1 Å². The number of hydrogen-bond donors (Lipinski definition) is 1. The van der Waals surface area contributed by atoms with Crippen LogP contribution in [0.3, 0.4) is 0 Å². The molecule has 0 atom stereocenters. The lowest BCUT2D eigenvalue weighted by atomic mass is 10.1. The Morgan fingerprint density at radius 1 is 1.23 bits per heavy atom. The highest BCUT2D eigenvalue weighted by Gasteiger charge is 2.23. The first-order chi connectivity index (χ1) is 10.5. The first-order valence-corrected chi connectivity index (χ1v) is 7.52. The molecule has 0 saturated carbocycles. The van der Waals surface area contributed by atoms with Crippen LogP contribution >= 0.6 is 0 Å². The molecule has 1 aliphatic rings. The molecular weight excluding hydrogens is 285 g/mol. The van der Waals surface area contributed by atoms with Crippen molar-refractivity contribution in [1.29, 1.82) is 0 Å². The molecule has 1 N–H and O–H groups in total. The highest BCUT2D eigenvalue weighted by molar-refractivity contribution is 5.92. The standard InChI is InChI=1S/C16H22FN3O2/c1-12(2)16(22)20-8-6-19(7-9-20)11-15(21)18-14-5-3-4-13(17)10-14/h3-5,10,12H,6-9,11H2,1-2H3,(H,18,21). The molecule has 2 amide bonds. The summed E-state index contributed by atoms with van der Waals surface area (Å²) in [6, 6.07) is 5.83. The van der Waals surface area contributed by atoms with E-state index in [-0.39, 0.29) is 30.1 Å². The number of amides is 2. The molecule has 1 aliphatic heterocycles. The van der Waals surface area contributed by atoms with Crippen LogP contribution < -0.4 is 5.32 Å². The minimum atomic E-state index is -0.376. The molecule has 1 heterocycles. The van der Waals surface area contributed by atoms with Crippen LogP contribution in [-0.2, 0) is 9.59 Å². The van der Waals surface area contributed by atoms with Gasteiger partial charge in [0.25, 0.3) is 0 Å². The molecular formula is C16H22FN3O2. The molecule has 2 rings (SSSR count). The fourth-order valence-electron chi connectivity index (χ4n) is 2.46. The van der Waals surface area contributed by atoms with Crippen molar-refractivity contribution in [3.05, 3.63) is 30.1 Å². The molecule has 0 aromatic heterocycles. The fourth-order valence-corrected chi connectivity index (χ4v) is 2.46. The third-order valence-corrected chi connectivity index (χ3v) is 3.65. The van der Waals surface area contributed by atoms with Gasteiger partial charge in [0.1, 0.15) is 5.82 Å². The molecule has 0 spiro atoms. The molecule has 0 radical (unpaired) electrons. The Bertz CT molecular complexity index is 540. The molecule has 1 aromatic rings. The number of hydrogen-bond acceptors (Lipinski definition) is 3.